The first kappa shape index (κ1) is 23.2. The monoisotopic (exact) mass is 465 g/mol. The topological polar surface area (TPSA) is 136 Å². The first-order valence-corrected chi connectivity index (χ1v) is 10.9. The summed E-state index contributed by atoms with van der Waals surface area (Å²) in [6.45, 7) is 4.54. The molecule has 4 aliphatic rings. The number of nitrogens with zero attached hydrogens (tertiary/aromatic N) is 1. The van der Waals surface area contributed by atoms with Gasteiger partial charge in [-0.05, 0) is 12.3 Å². The van der Waals surface area contributed by atoms with Crippen LogP contribution in [0.15, 0.2) is 17.3 Å². The average Bonchev–Trinajstić information content (AvgIpc) is 3.42. The highest BCUT2D eigenvalue weighted by atomic mass is 16.7. The van der Waals surface area contributed by atoms with Crippen LogP contribution in [0.3, 0.4) is 0 Å². The summed E-state index contributed by atoms with van der Waals surface area (Å²) in [4.78, 5) is 53.0. The lowest BCUT2D eigenvalue weighted by Gasteiger charge is -2.45. The molecule has 0 amide bonds. The number of fused-ring (bicyclic) bond motifs is 5. The smallest absolute Gasteiger partial charge is 0.303 e. The van der Waals surface area contributed by atoms with Crippen molar-refractivity contribution in [3.8, 4) is 0 Å². The van der Waals surface area contributed by atoms with Crippen molar-refractivity contribution >= 4 is 29.6 Å². The molecule has 2 bridgehead atoms. The Morgan fingerprint density at radius 2 is 1.48 bits per heavy atom. The summed E-state index contributed by atoms with van der Waals surface area (Å²) in [6, 6.07) is 0. The summed E-state index contributed by atoms with van der Waals surface area (Å²) in [7, 11) is 0. The molecule has 2 fully saturated rings. The van der Waals surface area contributed by atoms with Gasteiger partial charge in [0.05, 0.1) is 11.6 Å². The number of carbonyl (C=O) groups excluding carboxylic acids is 4. The zero-order chi connectivity index (χ0) is 23.9. The van der Waals surface area contributed by atoms with Crippen LogP contribution in [0.4, 0.5) is 0 Å². The third kappa shape index (κ3) is 4.59. The predicted molar refractivity (Wildman–Crippen MR) is 108 cm³/mol. The third-order valence-electron chi connectivity index (χ3n) is 6.29. The molecule has 1 saturated carbocycles. The summed E-state index contributed by atoms with van der Waals surface area (Å²) < 4.78 is 27.8. The van der Waals surface area contributed by atoms with Gasteiger partial charge in [0.15, 0.2) is 18.3 Å². The molecule has 4 rings (SSSR count). The Morgan fingerprint density at radius 1 is 0.879 bits per heavy atom. The van der Waals surface area contributed by atoms with Crippen molar-refractivity contribution in [1.29, 1.82) is 0 Å². The van der Waals surface area contributed by atoms with Crippen LogP contribution in [0, 0.1) is 17.8 Å². The van der Waals surface area contributed by atoms with Crippen molar-refractivity contribution in [3.63, 3.8) is 0 Å². The Morgan fingerprint density at radius 3 is 2.12 bits per heavy atom. The molecule has 0 spiro atoms. The van der Waals surface area contributed by atoms with E-state index >= 15 is 0 Å². The van der Waals surface area contributed by atoms with E-state index < -0.39 is 54.4 Å². The van der Waals surface area contributed by atoms with Crippen molar-refractivity contribution in [3.05, 3.63) is 12.2 Å². The SMILES string of the molecule is CC(=O)OC[C@H]1O[C@@H](C2=NOC3C2[C@H]2C=C[C@@H]3C2)[C@@H](OC(C)=O)[C@@H](OC(C)=O)[C@@H]1OC(C)=O. The van der Waals surface area contributed by atoms with E-state index in [9.17, 15) is 19.2 Å². The minimum atomic E-state index is -1.22. The molecule has 180 valence electrons. The minimum Gasteiger partial charge on any atom is -0.463 e. The van der Waals surface area contributed by atoms with Crippen LogP contribution in [0.1, 0.15) is 34.1 Å². The molecule has 0 radical (unpaired) electrons. The van der Waals surface area contributed by atoms with Crippen molar-refractivity contribution in [2.24, 2.45) is 22.9 Å². The molecule has 9 atom stereocenters. The van der Waals surface area contributed by atoms with Crippen LogP contribution >= 0.6 is 0 Å². The number of carbonyl (C=O) groups is 4. The maximum absolute atomic E-state index is 12.0. The molecule has 0 aromatic heterocycles. The van der Waals surface area contributed by atoms with E-state index in [0.717, 1.165) is 6.42 Å². The lowest BCUT2D eigenvalue weighted by atomic mass is 9.81. The molecule has 11 heteroatoms. The molecule has 33 heavy (non-hydrogen) atoms. The number of hydrogen-bond acceptors (Lipinski definition) is 11. The zero-order valence-electron chi connectivity index (χ0n) is 18.8. The quantitative estimate of drug-likeness (QED) is 0.313. The molecule has 0 N–H and O–H groups in total. The van der Waals surface area contributed by atoms with Gasteiger partial charge in [-0.3, -0.25) is 19.2 Å². The van der Waals surface area contributed by atoms with E-state index in [1.54, 1.807) is 0 Å². The number of oxime groups is 1. The summed E-state index contributed by atoms with van der Waals surface area (Å²) in [5.41, 5.74) is 0.523. The molecule has 2 aliphatic carbocycles. The molecule has 1 saturated heterocycles. The molecule has 2 aliphatic heterocycles. The van der Waals surface area contributed by atoms with Gasteiger partial charge in [0, 0.05) is 33.6 Å². The molecular weight excluding hydrogens is 438 g/mol. The summed E-state index contributed by atoms with van der Waals surface area (Å²) in [5, 5.41) is 4.28. The van der Waals surface area contributed by atoms with Crippen LogP contribution in [0.5, 0.6) is 0 Å². The van der Waals surface area contributed by atoms with Crippen molar-refractivity contribution in [1.82, 2.24) is 0 Å². The highest BCUT2D eigenvalue weighted by molar-refractivity contribution is 5.94. The van der Waals surface area contributed by atoms with Crippen molar-refractivity contribution in [2.45, 2.75) is 70.7 Å². The van der Waals surface area contributed by atoms with Crippen LogP contribution in [0.2, 0.25) is 0 Å². The Hall–Kier alpha value is -2.95. The van der Waals surface area contributed by atoms with Gasteiger partial charge in [-0.2, -0.15) is 0 Å². The molecule has 2 unspecified atom stereocenters. The van der Waals surface area contributed by atoms with Crippen molar-refractivity contribution in [2.75, 3.05) is 6.61 Å². The van der Waals surface area contributed by atoms with E-state index in [0.29, 0.717) is 5.71 Å². The first-order valence-electron chi connectivity index (χ1n) is 10.9. The standard InChI is InChI=1S/C22H27NO10/c1-9(24)28-8-15-19(29-10(2)25)21(30-11(3)26)22(31-12(4)27)20(32-15)17-16-13-5-6-14(7-13)18(16)33-23-17/h5-6,13-16,18-22H,7-8H2,1-4H3/t13-,14+,15+,16?,18?,19+,20-,21-,22+/m0/s1. The summed E-state index contributed by atoms with van der Waals surface area (Å²) in [5.74, 6) is -2.24. The fourth-order valence-corrected chi connectivity index (χ4v) is 5.20. The summed E-state index contributed by atoms with van der Waals surface area (Å²) in [6.07, 6.45) is -0.549. The van der Waals surface area contributed by atoms with Gasteiger partial charge in [0.25, 0.3) is 0 Å². The second-order valence-electron chi connectivity index (χ2n) is 8.68. The normalized spacial score (nSPS) is 38.1. The average molecular weight is 465 g/mol. The third-order valence-corrected chi connectivity index (χ3v) is 6.29. The Balaban J connectivity index is 1.71. The van der Waals surface area contributed by atoms with Crippen LogP contribution in [-0.4, -0.2) is 72.8 Å². The fourth-order valence-electron chi connectivity index (χ4n) is 5.20. The Labute approximate surface area is 190 Å². The van der Waals surface area contributed by atoms with Crippen LogP contribution < -0.4 is 0 Å². The highest BCUT2D eigenvalue weighted by Gasteiger charge is 2.60. The van der Waals surface area contributed by atoms with Crippen LogP contribution in [0.25, 0.3) is 0 Å². The Bertz CT molecular complexity index is 898. The molecule has 2 heterocycles. The van der Waals surface area contributed by atoms with E-state index in [2.05, 4.69) is 17.3 Å². The van der Waals surface area contributed by atoms with Crippen LogP contribution in [-0.2, 0) is 47.7 Å². The van der Waals surface area contributed by atoms with Gasteiger partial charge in [0.2, 0.25) is 0 Å². The van der Waals surface area contributed by atoms with Gasteiger partial charge in [-0.25, -0.2) is 0 Å². The first-order chi connectivity index (χ1) is 15.7. The van der Waals surface area contributed by atoms with Gasteiger partial charge in [-0.15, -0.1) is 0 Å². The molecule has 11 nitrogen and oxygen atoms in total. The number of allylic oxidation sites excluding steroid dienone is 1. The number of rotatable bonds is 6. The largest absolute Gasteiger partial charge is 0.463 e. The van der Waals surface area contributed by atoms with E-state index in [-0.39, 0.29) is 30.5 Å². The fraction of sp³-hybridized carbons (Fsp3) is 0.682. The number of hydrogen-bond donors (Lipinski definition) is 0. The molecule has 0 aromatic carbocycles. The number of esters is 4. The second kappa shape index (κ2) is 9.12. The predicted octanol–water partition coefficient (Wildman–Crippen LogP) is 0.689. The lowest BCUT2D eigenvalue weighted by Crippen LogP contribution is -2.64. The maximum Gasteiger partial charge on any atom is 0.303 e. The van der Waals surface area contributed by atoms with E-state index in [4.69, 9.17) is 28.5 Å². The maximum atomic E-state index is 12.0. The van der Waals surface area contributed by atoms with E-state index in [1.165, 1.54) is 27.7 Å². The Kier molecular flexibility index (Phi) is 6.42. The van der Waals surface area contributed by atoms with E-state index in [1.807, 2.05) is 0 Å². The zero-order valence-corrected chi connectivity index (χ0v) is 18.8. The molecule has 0 aromatic rings. The van der Waals surface area contributed by atoms with Crippen molar-refractivity contribution < 1.29 is 47.7 Å². The van der Waals surface area contributed by atoms with Gasteiger partial charge in [0.1, 0.15) is 24.9 Å². The molecular formula is C22H27NO10. The highest BCUT2D eigenvalue weighted by Crippen LogP contribution is 2.50. The number of ether oxygens (including phenoxy) is 5. The summed E-state index contributed by atoms with van der Waals surface area (Å²) >= 11 is 0. The van der Waals surface area contributed by atoms with Gasteiger partial charge in [-0.1, -0.05) is 17.3 Å². The minimum absolute atomic E-state index is 0.0966. The lowest BCUT2D eigenvalue weighted by molar-refractivity contribution is -0.241. The van der Waals surface area contributed by atoms with Gasteiger partial charge >= 0.3 is 23.9 Å². The second-order valence-corrected chi connectivity index (χ2v) is 8.68. The van der Waals surface area contributed by atoms with Gasteiger partial charge < -0.3 is 28.5 Å².